The summed E-state index contributed by atoms with van der Waals surface area (Å²) >= 11 is 0. The molecule has 2 aliphatic rings. The minimum absolute atomic E-state index is 0. The molecule has 1 aromatic heterocycles. The minimum atomic E-state index is -1.56. The Kier molecular flexibility index (Phi) is 12.8. The number of esters is 1. The smallest absolute Gasteiger partial charge is 0.354 e. The molecule has 11 nitrogen and oxygen atoms in total. The summed E-state index contributed by atoms with van der Waals surface area (Å²) in [6.45, 7) is 3.83. The van der Waals surface area contributed by atoms with Crippen molar-refractivity contribution >= 4 is 42.8 Å². The highest BCUT2D eigenvalue weighted by Gasteiger charge is 2.46. The number of pyridine rings is 1. The number of hydroxylamine groups is 2. The molecular weight excluding hydrogens is 611 g/mol. The SMILES string of the molecule is CCC1=C(C(=O)OC)C(c2ccc(F)c(F)c2)N(C(=O)N(O)C(C(C)O)N2CCC(c3ccccn3)CC2)C(=O)N1.Cl.Cl. The van der Waals surface area contributed by atoms with E-state index in [1.807, 2.05) is 18.2 Å². The number of ether oxygens (including phenoxy) is 1. The molecular formula is C28H35Cl2F2N5O6. The summed E-state index contributed by atoms with van der Waals surface area (Å²) < 4.78 is 33.0. The predicted molar refractivity (Wildman–Crippen MR) is 156 cm³/mol. The number of carbonyl (C=O) groups excluding carboxylic acids is 3. The van der Waals surface area contributed by atoms with Crippen LogP contribution in [0.4, 0.5) is 18.4 Å². The zero-order valence-corrected chi connectivity index (χ0v) is 25.4. The maximum Gasteiger partial charge on any atom is 0.354 e. The number of benzene rings is 1. The number of likely N-dealkylation sites (tertiary alicyclic amines) is 1. The molecule has 4 rings (SSSR count). The number of urea groups is 2. The number of allylic oxidation sites excluding steroid dienone is 1. The molecule has 3 atom stereocenters. The summed E-state index contributed by atoms with van der Waals surface area (Å²) in [5, 5.41) is 24.6. The summed E-state index contributed by atoms with van der Waals surface area (Å²) in [7, 11) is 1.10. The van der Waals surface area contributed by atoms with Gasteiger partial charge in [-0.2, -0.15) is 5.06 Å². The van der Waals surface area contributed by atoms with Gasteiger partial charge < -0.3 is 15.2 Å². The van der Waals surface area contributed by atoms with Crippen molar-refractivity contribution in [3.05, 3.63) is 76.8 Å². The molecule has 0 aliphatic carbocycles. The van der Waals surface area contributed by atoms with Crippen LogP contribution >= 0.6 is 24.8 Å². The molecule has 3 N–H and O–H groups in total. The summed E-state index contributed by atoms with van der Waals surface area (Å²) in [6.07, 6.45) is 0.610. The fourth-order valence-electron chi connectivity index (χ4n) is 5.45. The number of aromatic nitrogens is 1. The zero-order valence-electron chi connectivity index (χ0n) is 23.8. The highest BCUT2D eigenvalue weighted by molar-refractivity contribution is 6.01. The van der Waals surface area contributed by atoms with Crippen molar-refractivity contribution in [3.8, 4) is 0 Å². The number of nitrogens with one attached hydrogen (secondary N) is 1. The largest absolute Gasteiger partial charge is 0.466 e. The maximum absolute atomic E-state index is 14.3. The molecule has 0 bridgehead atoms. The molecule has 2 aliphatic heterocycles. The first-order chi connectivity index (χ1) is 19.6. The Bertz CT molecular complexity index is 1330. The van der Waals surface area contributed by atoms with Crippen molar-refractivity contribution < 1.29 is 38.2 Å². The molecule has 1 fully saturated rings. The summed E-state index contributed by atoms with van der Waals surface area (Å²) in [6, 6.07) is 4.51. The minimum Gasteiger partial charge on any atom is -0.466 e. The molecule has 2 aromatic rings. The highest BCUT2D eigenvalue weighted by Crippen LogP contribution is 2.37. The maximum atomic E-state index is 14.3. The number of aliphatic hydroxyl groups excluding tert-OH is 1. The van der Waals surface area contributed by atoms with Crippen LogP contribution in [0.5, 0.6) is 0 Å². The van der Waals surface area contributed by atoms with Crippen molar-refractivity contribution in [2.24, 2.45) is 0 Å². The third kappa shape index (κ3) is 7.42. The standard InChI is InChI=1S/C28H33F2N5O6.2ClH/c1-4-21-23(26(37)41-3)24(18-8-9-19(29)20(30)15-18)34(27(38)32-21)28(39)35(40)25(16(2)36)33-13-10-17(11-14-33)22-7-5-6-12-31-22;;/h5-9,12,15-17,24-25,36,40H,4,10-11,13-14H2,1-3H3,(H,32,38);2*1H. The second kappa shape index (κ2) is 15.4. The molecule has 1 saturated heterocycles. The van der Waals surface area contributed by atoms with E-state index in [4.69, 9.17) is 4.74 Å². The summed E-state index contributed by atoms with van der Waals surface area (Å²) in [4.78, 5) is 46.7. The first-order valence-corrected chi connectivity index (χ1v) is 13.3. The van der Waals surface area contributed by atoms with E-state index in [-0.39, 0.29) is 59.0 Å². The number of hydrogen-bond acceptors (Lipinski definition) is 8. The summed E-state index contributed by atoms with van der Waals surface area (Å²) in [5.74, 6) is -3.20. The van der Waals surface area contributed by atoms with Crippen LogP contribution in [0.2, 0.25) is 0 Å². The molecule has 15 heteroatoms. The van der Waals surface area contributed by atoms with Gasteiger partial charge in [-0.1, -0.05) is 19.1 Å². The predicted octanol–water partition coefficient (Wildman–Crippen LogP) is 4.50. The number of aliphatic hydroxyl groups is 1. The molecule has 236 valence electrons. The normalized spacial score (nSPS) is 19.0. The molecule has 1 aromatic carbocycles. The Morgan fingerprint density at radius 1 is 1.16 bits per heavy atom. The van der Waals surface area contributed by atoms with Crippen molar-refractivity contribution in [1.29, 1.82) is 0 Å². The van der Waals surface area contributed by atoms with Crippen LogP contribution in [0.15, 0.2) is 53.9 Å². The van der Waals surface area contributed by atoms with Crippen LogP contribution in [-0.4, -0.2) is 80.7 Å². The lowest BCUT2D eigenvalue weighted by Crippen LogP contribution is -2.62. The van der Waals surface area contributed by atoms with Crippen molar-refractivity contribution in [2.45, 2.75) is 57.3 Å². The summed E-state index contributed by atoms with van der Waals surface area (Å²) in [5.41, 5.74) is 0.753. The quantitative estimate of drug-likeness (QED) is 0.227. The van der Waals surface area contributed by atoms with E-state index in [0.29, 0.717) is 30.8 Å². The average Bonchev–Trinajstić information content (AvgIpc) is 2.97. The number of methoxy groups -OCH3 is 1. The fourth-order valence-corrected chi connectivity index (χ4v) is 5.45. The van der Waals surface area contributed by atoms with Gasteiger partial charge in [0.2, 0.25) is 0 Å². The fraction of sp³-hybridized carbons (Fsp3) is 0.429. The molecule has 0 spiro atoms. The van der Waals surface area contributed by atoms with E-state index in [1.54, 1.807) is 18.0 Å². The number of imide groups is 1. The van der Waals surface area contributed by atoms with E-state index < -0.39 is 48.0 Å². The molecule has 43 heavy (non-hydrogen) atoms. The highest BCUT2D eigenvalue weighted by atomic mass is 35.5. The Balaban J connectivity index is 0.00000323. The lowest BCUT2D eigenvalue weighted by atomic mass is 9.92. The lowest BCUT2D eigenvalue weighted by molar-refractivity contribution is -0.170. The van der Waals surface area contributed by atoms with Crippen LogP contribution in [0.3, 0.4) is 0 Å². The molecule has 3 heterocycles. The van der Waals surface area contributed by atoms with Crippen LogP contribution < -0.4 is 5.32 Å². The van der Waals surface area contributed by atoms with E-state index in [2.05, 4.69) is 10.3 Å². The Hall–Kier alpha value is -3.36. The van der Waals surface area contributed by atoms with E-state index in [1.165, 1.54) is 6.92 Å². The van der Waals surface area contributed by atoms with E-state index in [0.717, 1.165) is 31.0 Å². The van der Waals surface area contributed by atoms with Crippen molar-refractivity contribution in [1.82, 2.24) is 25.2 Å². The Morgan fingerprint density at radius 3 is 2.37 bits per heavy atom. The van der Waals surface area contributed by atoms with Crippen molar-refractivity contribution in [2.75, 3.05) is 20.2 Å². The van der Waals surface area contributed by atoms with Crippen LogP contribution in [0.25, 0.3) is 0 Å². The zero-order chi connectivity index (χ0) is 29.8. The number of carbonyl (C=O) groups is 3. The van der Waals surface area contributed by atoms with Gasteiger partial charge in [0.15, 0.2) is 11.6 Å². The number of halogens is 4. The van der Waals surface area contributed by atoms with Gasteiger partial charge in [0.25, 0.3) is 0 Å². The number of rotatable bonds is 7. The van der Waals surface area contributed by atoms with Crippen LogP contribution in [-0.2, 0) is 9.53 Å². The van der Waals surface area contributed by atoms with Gasteiger partial charge in [-0.15, -0.1) is 24.8 Å². The number of amides is 4. The second-order valence-corrected chi connectivity index (χ2v) is 9.96. The van der Waals surface area contributed by atoms with Gasteiger partial charge in [0.05, 0.1) is 18.8 Å². The van der Waals surface area contributed by atoms with Gasteiger partial charge in [0.1, 0.15) is 12.2 Å². The van der Waals surface area contributed by atoms with Crippen LogP contribution in [0, 0.1) is 11.6 Å². The number of hydrogen-bond donors (Lipinski definition) is 3. The van der Waals surface area contributed by atoms with Gasteiger partial charge in [-0.3, -0.25) is 15.1 Å². The van der Waals surface area contributed by atoms with Gasteiger partial charge in [-0.25, -0.2) is 28.1 Å². The molecule has 0 radical (unpaired) electrons. The first kappa shape index (κ1) is 35.8. The Labute approximate surface area is 260 Å². The van der Waals surface area contributed by atoms with Crippen LogP contribution in [0.1, 0.15) is 56.3 Å². The number of nitrogens with zero attached hydrogens (tertiary/aromatic N) is 4. The third-order valence-corrected chi connectivity index (χ3v) is 7.45. The lowest BCUT2D eigenvalue weighted by Gasteiger charge is -2.44. The van der Waals surface area contributed by atoms with E-state index in [9.17, 15) is 33.5 Å². The third-order valence-electron chi connectivity index (χ3n) is 7.45. The van der Waals surface area contributed by atoms with E-state index >= 15 is 0 Å². The van der Waals surface area contributed by atoms with Gasteiger partial charge >= 0.3 is 18.0 Å². The average molecular weight is 647 g/mol. The van der Waals surface area contributed by atoms with Gasteiger partial charge in [0, 0.05) is 36.6 Å². The molecule has 0 saturated carbocycles. The molecule has 4 amide bonds. The topological polar surface area (TPSA) is 136 Å². The van der Waals surface area contributed by atoms with Gasteiger partial charge in [-0.05, 0) is 56.0 Å². The molecule has 3 unspecified atom stereocenters. The van der Waals surface area contributed by atoms with Crippen molar-refractivity contribution in [3.63, 3.8) is 0 Å². The Morgan fingerprint density at radius 2 is 1.84 bits per heavy atom. The monoisotopic (exact) mass is 645 g/mol. The first-order valence-electron chi connectivity index (χ1n) is 13.3. The second-order valence-electron chi connectivity index (χ2n) is 9.96. The number of piperidine rings is 1.